The lowest BCUT2D eigenvalue weighted by atomic mass is 10.1. The summed E-state index contributed by atoms with van der Waals surface area (Å²) >= 11 is 0. The van der Waals surface area contributed by atoms with Crippen LogP contribution in [0.5, 0.6) is 0 Å². The van der Waals surface area contributed by atoms with E-state index in [9.17, 15) is 9.59 Å². The van der Waals surface area contributed by atoms with Gasteiger partial charge in [0.15, 0.2) is 0 Å². The lowest BCUT2D eigenvalue weighted by molar-refractivity contribution is -0.152. The van der Waals surface area contributed by atoms with Crippen LogP contribution in [0.15, 0.2) is 18.2 Å². The zero-order valence-electron chi connectivity index (χ0n) is 19.5. The van der Waals surface area contributed by atoms with Gasteiger partial charge in [0.25, 0.3) is 0 Å². The van der Waals surface area contributed by atoms with Crippen molar-refractivity contribution in [1.29, 1.82) is 0 Å². The van der Waals surface area contributed by atoms with Crippen LogP contribution in [-0.4, -0.2) is 65.8 Å². The number of hydrogen-bond acceptors (Lipinski definition) is 6. The molecule has 1 fully saturated rings. The fourth-order valence-corrected chi connectivity index (χ4v) is 3.19. The van der Waals surface area contributed by atoms with Gasteiger partial charge in [0, 0.05) is 38.4 Å². The van der Waals surface area contributed by atoms with Gasteiger partial charge in [0.1, 0.15) is 17.7 Å². The number of piperazine rings is 1. The number of nitrogens with zero attached hydrogens (tertiary/aromatic N) is 2. The van der Waals surface area contributed by atoms with E-state index >= 15 is 0 Å². The second kappa shape index (κ2) is 9.69. The van der Waals surface area contributed by atoms with Crippen LogP contribution in [0.25, 0.3) is 0 Å². The molecule has 0 saturated carbocycles. The van der Waals surface area contributed by atoms with Crippen molar-refractivity contribution < 1.29 is 19.1 Å². The summed E-state index contributed by atoms with van der Waals surface area (Å²) in [4.78, 5) is 28.4. The third-order valence-electron chi connectivity index (χ3n) is 4.53. The molecule has 1 aromatic carbocycles. The Morgan fingerprint density at radius 1 is 0.967 bits per heavy atom. The van der Waals surface area contributed by atoms with Crippen molar-refractivity contribution in [2.75, 3.05) is 38.0 Å². The molecule has 30 heavy (non-hydrogen) atoms. The molecule has 1 N–H and O–H groups in total. The van der Waals surface area contributed by atoms with Gasteiger partial charge in [-0.05, 0) is 65.7 Å². The van der Waals surface area contributed by atoms with Crippen molar-refractivity contribution in [3.8, 4) is 0 Å². The number of amides is 1. The first-order valence-corrected chi connectivity index (χ1v) is 10.6. The van der Waals surface area contributed by atoms with Gasteiger partial charge in [-0.2, -0.15) is 0 Å². The number of anilines is 1. The van der Waals surface area contributed by atoms with Crippen LogP contribution in [0.4, 0.5) is 10.5 Å². The Kier molecular flexibility index (Phi) is 7.75. The Hall–Kier alpha value is -2.28. The van der Waals surface area contributed by atoms with Crippen molar-refractivity contribution in [2.24, 2.45) is 0 Å². The van der Waals surface area contributed by atoms with E-state index < -0.39 is 11.2 Å². The van der Waals surface area contributed by atoms with Gasteiger partial charge >= 0.3 is 12.1 Å². The molecule has 0 bridgehead atoms. The molecule has 0 aromatic heterocycles. The number of rotatable bonds is 5. The summed E-state index contributed by atoms with van der Waals surface area (Å²) in [6.45, 7) is 17.0. The molecule has 0 radical (unpaired) electrons. The predicted octanol–water partition coefficient (Wildman–Crippen LogP) is 3.80. The summed E-state index contributed by atoms with van der Waals surface area (Å²) in [5, 5.41) is 3.23. The number of ether oxygens (including phenoxy) is 2. The van der Waals surface area contributed by atoms with Crippen molar-refractivity contribution in [3.63, 3.8) is 0 Å². The zero-order valence-corrected chi connectivity index (χ0v) is 19.5. The van der Waals surface area contributed by atoms with Crippen molar-refractivity contribution in [2.45, 2.75) is 66.2 Å². The maximum Gasteiger partial charge on any atom is 0.410 e. The van der Waals surface area contributed by atoms with Gasteiger partial charge in [-0.3, -0.25) is 9.69 Å². The average Bonchev–Trinajstić information content (AvgIpc) is 2.59. The van der Waals surface area contributed by atoms with Crippen LogP contribution in [-0.2, 0) is 20.8 Å². The fraction of sp³-hybridized carbons (Fsp3) is 0.652. The molecule has 1 heterocycles. The molecule has 0 atom stereocenters. The molecule has 7 nitrogen and oxygen atoms in total. The maximum absolute atomic E-state index is 12.2. The Balaban J connectivity index is 1.93. The minimum Gasteiger partial charge on any atom is -0.459 e. The number of hydrogen-bond donors (Lipinski definition) is 1. The quantitative estimate of drug-likeness (QED) is 0.732. The molecule has 0 aliphatic carbocycles. The lowest BCUT2D eigenvalue weighted by Gasteiger charge is -2.35. The first-order valence-electron chi connectivity index (χ1n) is 10.6. The van der Waals surface area contributed by atoms with Gasteiger partial charge in [-0.15, -0.1) is 0 Å². The molecule has 2 rings (SSSR count). The van der Waals surface area contributed by atoms with Crippen LogP contribution >= 0.6 is 0 Å². The summed E-state index contributed by atoms with van der Waals surface area (Å²) in [5.74, 6) is -0.277. The zero-order chi connectivity index (χ0) is 22.5. The topological polar surface area (TPSA) is 71.1 Å². The molecule has 0 spiro atoms. The summed E-state index contributed by atoms with van der Waals surface area (Å²) in [6.07, 6.45) is -0.253. The van der Waals surface area contributed by atoms with Gasteiger partial charge < -0.3 is 19.7 Å². The smallest absolute Gasteiger partial charge is 0.410 e. The van der Waals surface area contributed by atoms with E-state index in [0.717, 1.165) is 36.4 Å². The number of carbonyl (C=O) groups excluding carboxylic acids is 2. The number of aryl methyl sites for hydroxylation is 1. The fourth-order valence-electron chi connectivity index (χ4n) is 3.19. The first kappa shape index (κ1) is 24.0. The maximum atomic E-state index is 12.2. The highest BCUT2D eigenvalue weighted by Gasteiger charge is 2.26. The second-order valence-electron chi connectivity index (χ2n) is 9.84. The Bertz CT molecular complexity index is 742. The molecule has 7 heteroatoms. The molecule has 1 aromatic rings. The van der Waals surface area contributed by atoms with Crippen molar-refractivity contribution in [1.82, 2.24) is 9.80 Å². The highest BCUT2D eigenvalue weighted by atomic mass is 16.6. The van der Waals surface area contributed by atoms with E-state index in [1.165, 1.54) is 0 Å². The highest BCUT2D eigenvalue weighted by molar-refractivity contribution is 5.76. The number of nitrogens with one attached hydrogen (secondary N) is 1. The molecule has 1 aliphatic heterocycles. The molecular formula is C23H37N3O4. The lowest BCUT2D eigenvalue weighted by Crippen LogP contribution is -2.49. The summed E-state index contributed by atoms with van der Waals surface area (Å²) in [7, 11) is 0. The summed E-state index contributed by atoms with van der Waals surface area (Å²) in [5.41, 5.74) is 2.21. The molecular weight excluding hydrogens is 382 g/mol. The number of benzene rings is 1. The van der Waals surface area contributed by atoms with Gasteiger partial charge in [0.2, 0.25) is 0 Å². The number of carbonyl (C=O) groups is 2. The predicted molar refractivity (Wildman–Crippen MR) is 119 cm³/mol. The Morgan fingerprint density at radius 3 is 2.13 bits per heavy atom. The minimum absolute atomic E-state index is 0.125. The van der Waals surface area contributed by atoms with E-state index in [0.29, 0.717) is 13.1 Å². The third kappa shape index (κ3) is 8.22. The SMILES string of the molecule is Cc1ccc(CN2CCN(C(=O)OC(C)(C)C)CC2)c(NCC(=O)OC(C)(C)C)c1. The Labute approximate surface area is 180 Å². The van der Waals surface area contributed by atoms with Crippen molar-refractivity contribution in [3.05, 3.63) is 29.3 Å². The molecule has 1 aliphatic rings. The van der Waals surface area contributed by atoms with E-state index in [2.05, 4.69) is 28.4 Å². The van der Waals surface area contributed by atoms with Crippen LogP contribution in [0, 0.1) is 6.92 Å². The first-order chi connectivity index (χ1) is 13.8. The van der Waals surface area contributed by atoms with Gasteiger partial charge in [0.05, 0.1) is 0 Å². The average molecular weight is 420 g/mol. The standard InChI is InChI=1S/C23H37N3O4/c1-17-8-9-18(19(14-17)24-15-20(27)29-22(2,3)4)16-25-10-12-26(13-11-25)21(28)30-23(5,6)7/h8-9,14,24H,10-13,15-16H2,1-7H3. The van der Waals surface area contributed by atoms with E-state index in [1.54, 1.807) is 4.90 Å². The highest BCUT2D eigenvalue weighted by Crippen LogP contribution is 2.21. The van der Waals surface area contributed by atoms with Gasteiger partial charge in [-0.1, -0.05) is 12.1 Å². The molecule has 1 amide bonds. The monoisotopic (exact) mass is 419 g/mol. The molecule has 1 saturated heterocycles. The van der Waals surface area contributed by atoms with Crippen molar-refractivity contribution >= 4 is 17.7 Å². The van der Waals surface area contributed by atoms with E-state index in [1.807, 2.05) is 48.5 Å². The van der Waals surface area contributed by atoms with Gasteiger partial charge in [-0.25, -0.2) is 4.79 Å². The summed E-state index contributed by atoms with van der Waals surface area (Å²) < 4.78 is 10.9. The minimum atomic E-state index is -0.498. The number of esters is 1. The molecule has 0 unspecified atom stereocenters. The van der Waals surface area contributed by atoms with E-state index in [-0.39, 0.29) is 18.6 Å². The van der Waals surface area contributed by atoms with Crippen LogP contribution in [0.1, 0.15) is 52.7 Å². The van der Waals surface area contributed by atoms with Crippen LogP contribution in [0.3, 0.4) is 0 Å². The third-order valence-corrected chi connectivity index (χ3v) is 4.53. The summed E-state index contributed by atoms with van der Waals surface area (Å²) in [6, 6.07) is 6.22. The normalized spacial score (nSPS) is 15.6. The second-order valence-corrected chi connectivity index (χ2v) is 9.84. The van der Waals surface area contributed by atoms with Crippen LogP contribution in [0.2, 0.25) is 0 Å². The van der Waals surface area contributed by atoms with E-state index in [4.69, 9.17) is 9.47 Å². The van der Waals surface area contributed by atoms with Crippen LogP contribution < -0.4 is 5.32 Å². The molecule has 168 valence electrons. The largest absolute Gasteiger partial charge is 0.459 e. The Morgan fingerprint density at radius 2 is 1.57 bits per heavy atom.